The van der Waals surface area contributed by atoms with Crippen LogP contribution < -0.4 is 0 Å². The molecule has 1 atom stereocenters. The highest BCUT2D eigenvalue weighted by atomic mass is 35.5. The summed E-state index contributed by atoms with van der Waals surface area (Å²) in [6.45, 7) is 6.36. The second kappa shape index (κ2) is 7.42. The molecule has 0 aliphatic carbocycles. The molecule has 0 amide bonds. The van der Waals surface area contributed by atoms with E-state index >= 15 is 0 Å². The van der Waals surface area contributed by atoms with Crippen LogP contribution in [-0.2, 0) is 0 Å². The normalized spacial score (nSPS) is 15.5. The van der Waals surface area contributed by atoms with Crippen molar-refractivity contribution in [2.45, 2.75) is 40.0 Å². The minimum atomic E-state index is 0.472. The fraction of sp³-hybridized carbons (Fsp3) is 0.636. The number of rotatable bonds is 5. The summed E-state index contributed by atoms with van der Waals surface area (Å²) in [5.74, 6) is 0.472. The minimum Gasteiger partial charge on any atom is -0.0911 e. The Morgan fingerprint density at radius 2 is 2.17 bits per heavy atom. The molecule has 0 nitrogen and oxygen atoms in total. The third kappa shape index (κ3) is 6.48. The number of unbranched alkanes of at least 4 members (excludes halogenated alkanes) is 1. The van der Waals surface area contributed by atoms with E-state index in [9.17, 15) is 0 Å². The van der Waals surface area contributed by atoms with Crippen molar-refractivity contribution >= 4 is 11.6 Å². The van der Waals surface area contributed by atoms with Gasteiger partial charge in [0.2, 0.25) is 0 Å². The quantitative estimate of drug-likeness (QED) is 0.555. The zero-order valence-electron chi connectivity index (χ0n) is 8.31. The van der Waals surface area contributed by atoms with Gasteiger partial charge in [-0.3, -0.25) is 0 Å². The van der Waals surface area contributed by atoms with Crippen molar-refractivity contribution in [2.24, 2.45) is 5.92 Å². The zero-order chi connectivity index (χ0) is 9.40. The second-order valence-corrected chi connectivity index (χ2v) is 3.59. The molecule has 0 rings (SSSR count). The highest BCUT2D eigenvalue weighted by molar-refractivity contribution is 6.29. The van der Waals surface area contributed by atoms with Gasteiger partial charge in [0, 0.05) is 5.03 Å². The van der Waals surface area contributed by atoms with Gasteiger partial charge in [0.05, 0.1) is 0 Å². The molecular formula is C11H19Cl. The average Bonchev–Trinajstić information content (AvgIpc) is 2.01. The zero-order valence-corrected chi connectivity index (χ0v) is 9.06. The van der Waals surface area contributed by atoms with Crippen LogP contribution in [0.4, 0.5) is 0 Å². The van der Waals surface area contributed by atoms with Crippen LogP contribution >= 0.6 is 11.6 Å². The molecule has 0 saturated heterocycles. The summed E-state index contributed by atoms with van der Waals surface area (Å²) in [5, 5.41) is 1.00. The van der Waals surface area contributed by atoms with E-state index in [-0.39, 0.29) is 0 Å². The predicted molar refractivity (Wildman–Crippen MR) is 57.4 cm³/mol. The Morgan fingerprint density at radius 1 is 1.50 bits per heavy atom. The molecule has 0 aliphatic rings. The van der Waals surface area contributed by atoms with Crippen molar-refractivity contribution < 1.29 is 0 Å². The largest absolute Gasteiger partial charge is 0.0911 e. The lowest BCUT2D eigenvalue weighted by Crippen LogP contribution is -1.84. The Hall–Kier alpha value is -0.230. The lowest BCUT2D eigenvalue weighted by atomic mass is 10.1. The Morgan fingerprint density at radius 3 is 2.67 bits per heavy atom. The van der Waals surface area contributed by atoms with Gasteiger partial charge in [-0.05, 0) is 25.7 Å². The Bertz CT molecular complexity index is 156. The van der Waals surface area contributed by atoms with Crippen LogP contribution in [0.2, 0.25) is 0 Å². The van der Waals surface area contributed by atoms with Gasteiger partial charge in [-0.15, -0.1) is 0 Å². The van der Waals surface area contributed by atoms with Crippen molar-refractivity contribution in [3.8, 4) is 0 Å². The molecule has 1 unspecified atom stereocenters. The molecular weight excluding hydrogens is 168 g/mol. The molecule has 0 aromatic rings. The van der Waals surface area contributed by atoms with Gasteiger partial charge in [0.25, 0.3) is 0 Å². The van der Waals surface area contributed by atoms with Crippen molar-refractivity contribution in [2.75, 3.05) is 0 Å². The van der Waals surface area contributed by atoms with Gasteiger partial charge < -0.3 is 0 Å². The molecule has 0 N–H and O–H groups in total. The van der Waals surface area contributed by atoms with Crippen molar-refractivity contribution in [1.82, 2.24) is 0 Å². The summed E-state index contributed by atoms with van der Waals surface area (Å²) < 4.78 is 0. The van der Waals surface area contributed by atoms with Crippen molar-refractivity contribution in [3.05, 3.63) is 23.3 Å². The molecule has 0 aliphatic heterocycles. The maximum Gasteiger partial charge on any atom is 0.0147 e. The monoisotopic (exact) mass is 186 g/mol. The van der Waals surface area contributed by atoms with E-state index < -0.39 is 0 Å². The smallest absolute Gasteiger partial charge is 0.0147 e. The molecule has 70 valence electrons. The molecule has 0 aromatic carbocycles. The predicted octanol–water partition coefficient (Wildman–Crippen LogP) is 4.51. The molecule has 0 spiro atoms. The van der Waals surface area contributed by atoms with Gasteiger partial charge >= 0.3 is 0 Å². The van der Waals surface area contributed by atoms with Crippen LogP contribution in [0.5, 0.6) is 0 Å². The van der Waals surface area contributed by atoms with Crippen LogP contribution in [0.25, 0.3) is 0 Å². The third-order valence-electron chi connectivity index (χ3n) is 1.71. The van der Waals surface area contributed by atoms with Crippen molar-refractivity contribution in [3.63, 3.8) is 0 Å². The van der Waals surface area contributed by atoms with Crippen LogP contribution in [0.1, 0.15) is 40.0 Å². The lowest BCUT2D eigenvalue weighted by molar-refractivity contribution is 0.797. The van der Waals surface area contributed by atoms with E-state index in [4.69, 9.17) is 11.6 Å². The van der Waals surface area contributed by atoms with Crippen LogP contribution in [0.3, 0.4) is 0 Å². The maximum atomic E-state index is 6.02. The Labute approximate surface area is 81.3 Å². The van der Waals surface area contributed by atoms with Gasteiger partial charge in [0.1, 0.15) is 0 Å². The van der Waals surface area contributed by atoms with E-state index in [1.807, 2.05) is 6.92 Å². The fourth-order valence-electron chi connectivity index (χ4n) is 1.07. The molecule has 0 aromatic heterocycles. The van der Waals surface area contributed by atoms with E-state index in [0.29, 0.717) is 5.92 Å². The summed E-state index contributed by atoms with van der Waals surface area (Å²) in [7, 11) is 0. The first-order chi connectivity index (χ1) is 5.70. The van der Waals surface area contributed by atoms with Gasteiger partial charge in [-0.25, -0.2) is 0 Å². The summed E-state index contributed by atoms with van der Waals surface area (Å²) >= 11 is 6.02. The van der Waals surface area contributed by atoms with E-state index in [1.165, 1.54) is 12.8 Å². The standard InChI is InChI=1S/C11H19Cl/c1-4-6-8-11(12)9-10(3)7-5-2/h5,7,9-10H,4,6,8H2,1-3H3. The van der Waals surface area contributed by atoms with Crippen LogP contribution in [0.15, 0.2) is 23.3 Å². The van der Waals surface area contributed by atoms with Gasteiger partial charge in [0.15, 0.2) is 0 Å². The first-order valence-corrected chi connectivity index (χ1v) is 5.07. The average molecular weight is 187 g/mol. The minimum absolute atomic E-state index is 0.472. The summed E-state index contributed by atoms with van der Waals surface area (Å²) in [5.41, 5.74) is 0. The molecule has 12 heavy (non-hydrogen) atoms. The lowest BCUT2D eigenvalue weighted by Gasteiger charge is -2.00. The second-order valence-electron chi connectivity index (χ2n) is 3.10. The van der Waals surface area contributed by atoms with Crippen LogP contribution in [-0.4, -0.2) is 0 Å². The summed E-state index contributed by atoms with van der Waals surface area (Å²) in [4.78, 5) is 0. The van der Waals surface area contributed by atoms with E-state index in [0.717, 1.165) is 11.5 Å². The highest BCUT2D eigenvalue weighted by Gasteiger charge is 1.95. The summed E-state index contributed by atoms with van der Waals surface area (Å²) in [6, 6.07) is 0. The number of halogens is 1. The number of allylic oxidation sites excluding steroid dienone is 4. The topological polar surface area (TPSA) is 0 Å². The van der Waals surface area contributed by atoms with Crippen LogP contribution in [0, 0.1) is 5.92 Å². The van der Waals surface area contributed by atoms with Crippen molar-refractivity contribution in [1.29, 1.82) is 0 Å². The summed E-state index contributed by atoms with van der Waals surface area (Å²) in [6.07, 6.45) is 9.76. The molecule has 0 fully saturated rings. The number of hydrogen-bond acceptors (Lipinski definition) is 0. The van der Waals surface area contributed by atoms with E-state index in [1.54, 1.807) is 0 Å². The molecule has 1 heteroatoms. The van der Waals surface area contributed by atoms with E-state index in [2.05, 4.69) is 32.1 Å². The highest BCUT2D eigenvalue weighted by Crippen LogP contribution is 2.15. The molecule has 0 bridgehead atoms. The molecule has 0 heterocycles. The maximum absolute atomic E-state index is 6.02. The van der Waals surface area contributed by atoms with Gasteiger partial charge in [-0.2, -0.15) is 0 Å². The number of hydrogen-bond donors (Lipinski definition) is 0. The Balaban J connectivity index is 3.80. The SMILES string of the molecule is CC=CC(C)C=C(Cl)CCCC. The molecule has 0 saturated carbocycles. The Kier molecular flexibility index (Phi) is 7.28. The fourth-order valence-corrected chi connectivity index (χ4v) is 1.41. The third-order valence-corrected chi connectivity index (χ3v) is 2.02. The first-order valence-electron chi connectivity index (χ1n) is 4.69. The molecule has 0 radical (unpaired) electrons. The first kappa shape index (κ1) is 11.8. The van der Waals surface area contributed by atoms with Gasteiger partial charge in [-0.1, -0.05) is 50.1 Å².